The molecule has 4 rings (SSSR count). The van der Waals surface area contributed by atoms with Crippen LogP contribution in [-0.2, 0) is 6.42 Å². The minimum Gasteiger partial charge on any atom is -0.486 e. The Hall–Kier alpha value is -2.79. The molecule has 0 bridgehead atoms. The average molecular weight is 426 g/mol. The van der Waals surface area contributed by atoms with E-state index in [1.54, 1.807) is 19.1 Å². The first-order chi connectivity index (χ1) is 14.3. The van der Waals surface area contributed by atoms with Crippen LogP contribution in [0.5, 0.6) is 5.75 Å². The van der Waals surface area contributed by atoms with E-state index in [1.807, 2.05) is 38.1 Å². The summed E-state index contributed by atoms with van der Waals surface area (Å²) >= 11 is 5.90. The molecule has 3 aromatic rings. The lowest BCUT2D eigenvalue weighted by molar-refractivity contribution is 0.0503. The van der Waals surface area contributed by atoms with Crippen molar-refractivity contribution < 1.29 is 18.7 Å². The summed E-state index contributed by atoms with van der Waals surface area (Å²) in [6.07, 6.45) is 1.73. The fraction of sp³-hybridized carbons (Fsp3) is 0.333. The monoisotopic (exact) mass is 425 g/mol. The normalized spacial score (nSPS) is 18.2. The van der Waals surface area contributed by atoms with Crippen molar-refractivity contribution in [2.24, 2.45) is 0 Å². The number of halogens is 1. The Morgan fingerprint density at radius 3 is 2.63 bits per heavy atom. The third kappa shape index (κ3) is 3.70. The number of rotatable bonds is 5. The fourth-order valence-electron chi connectivity index (χ4n) is 3.88. The molecule has 6 heteroatoms. The van der Waals surface area contributed by atoms with Crippen molar-refractivity contribution in [1.82, 2.24) is 5.32 Å². The number of nitrogens with one attached hydrogen (secondary N) is 1. The SMILES string of the molecule is CCC1(C)CC(=O)c2c(ccc3oc(C(=O)NCCc4ccc(Cl)cc4)c(C)c23)O1. The Labute approximate surface area is 180 Å². The molecule has 2 aromatic carbocycles. The minimum atomic E-state index is -0.503. The van der Waals surface area contributed by atoms with Gasteiger partial charge >= 0.3 is 0 Å². The number of ketones is 1. The van der Waals surface area contributed by atoms with E-state index >= 15 is 0 Å². The van der Waals surface area contributed by atoms with Crippen LogP contribution in [0.1, 0.15) is 58.7 Å². The molecule has 1 amide bonds. The van der Waals surface area contributed by atoms with E-state index in [0.717, 1.165) is 12.0 Å². The molecule has 0 saturated heterocycles. The van der Waals surface area contributed by atoms with E-state index in [4.69, 9.17) is 20.8 Å². The molecular formula is C24H24ClNO4. The van der Waals surface area contributed by atoms with Gasteiger partial charge in [0.2, 0.25) is 0 Å². The van der Waals surface area contributed by atoms with Gasteiger partial charge < -0.3 is 14.5 Å². The number of Topliss-reactive ketones (excluding diaryl/α,β-unsaturated/α-hetero) is 1. The lowest BCUT2D eigenvalue weighted by Gasteiger charge is -2.34. The molecule has 1 aliphatic rings. The Kier molecular flexibility index (Phi) is 5.33. The van der Waals surface area contributed by atoms with Gasteiger partial charge in [-0.2, -0.15) is 0 Å². The van der Waals surface area contributed by atoms with Crippen LogP contribution in [0, 0.1) is 6.92 Å². The topological polar surface area (TPSA) is 68.5 Å². The third-order valence-corrected chi connectivity index (χ3v) is 6.04. The Morgan fingerprint density at radius 1 is 1.20 bits per heavy atom. The number of carbonyl (C=O) groups is 2. The van der Waals surface area contributed by atoms with Gasteiger partial charge in [-0.3, -0.25) is 9.59 Å². The van der Waals surface area contributed by atoms with Gasteiger partial charge in [-0.05, 0) is 56.5 Å². The quantitative estimate of drug-likeness (QED) is 0.585. The largest absolute Gasteiger partial charge is 0.486 e. The molecule has 1 aromatic heterocycles. The van der Waals surface area contributed by atoms with E-state index in [-0.39, 0.29) is 17.5 Å². The molecule has 1 N–H and O–H groups in total. The number of hydrogen-bond donors (Lipinski definition) is 1. The second-order valence-corrected chi connectivity index (χ2v) is 8.44. The van der Waals surface area contributed by atoms with Gasteiger partial charge in [0, 0.05) is 22.5 Å². The summed E-state index contributed by atoms with van der Waals surface area (Å²) in [5.41, 5.74) is 2.27. The van der Waals surface area contributed by atoms with Crippen molar-refractivity contribution >= 4 is 34.3 Å². The first-order valence-electron chi connectivity index (χ1n) is 10.1. The number of carbonyl (C=O) groups excluding carboxylic acids is 2. The Balaban J connectivity index is 1.58. The highest BCUT2D eigenvalue weighted by Gasteiger charge is 2.37. The van der Waals surface area contributed by atoms with Gasteiger partial charge in [0.15, 0.2) is 11.5 Å². The summed E-state index contributed by atoms with van der Waals surface area (Å²) in [7, 11) is 0. The molecule has 1 aliphatic heterocycles. The molecule has 0 radical (unpaired) electrons. The molecule has 1 unspecified atom stereocenters. The van der Waals surface area contributed by atoms with Crippen molar-refractivity contribution in [3.05, 3.63) is 63.9 Å². The number of furan rings is 1. The molecule has 2 heterocycles. The molecule has 0 fully saturated rings. The second-order valence-electron chi connectivity index (χ2n) is 8.01. The highest BCUT2D eigenvalue weighted by molar-refractivity contribution is 6.30. The number of ether oxygens (including phenoxy) is 1. The molecule has 0 saturated carbocycles. The lowest BCUT2D eigenvalue weighted by Crippen LogP contribution is -2.38. The number of benzene rings is 2. The molecule has 156 valence electrons. The van der Waals surface area contributed by atoms with E-state index in [2.05, 4.69) is 5.32 Å². The summed E-state index contributed by atoms with van der Waals surface area (Å²) in [4.78, 5) is 25.7. The van der Waals surface area contributed by atoms with E-state index in [9.17, 15) is 9.59 Å². The molecule has 0 spiro atoms. The first-order valence-corrected chi connectivity index (χ1v) is 10.5. The average Bonchev–Trinajstić information content (AvgIpc) is 3.06. The van der Waals surface area contributed by atoms with Gasteiger partial charge in [0.05, 0.1) is 12.0 Å². The van der Waals surface area contributed by atoms with Crippen molar-refractivity contribution in [2.75, 3.05) is 6.54 Å². The van der Waals surface area contributed by atoms with Crippen LogP contribution in [0.4, 0.5) is 0 Å². The predicted molar refractivity (Wildman–Crippen MR) is 117 cm³/mol. The smallest absolute Gasteiger partial charge is 0.287 e. The van der Waals surface area contributed by atoms with Crippen molar-refractivity contribution in [3.63, 3.8) is 0 Å². The van der Waals surface area contributed by atoms with Crippen LogP contribution in [-0.4, -0.2) is 23.8 Å². The molecule has 0 aliphatic carbocycles. The molecule has 30 heavy (non-hydrogen) atoms. The summed E-state index contributed by atoms with van der Waals surface area (Å²) in [5, 5.41) is 4.24. The zero-order valence-corrected chi connectivity index (χ0v) is 18.1. The predicted octanol–water partition coefficient (Wildman–Crippen LogP) is 5.50. The van der Waals surface area contributed by atoms with Gasteiger partial charge in [-0.15, -0.1) is 0 Å². The van der Waals surface area contributed by atoms with Crippen LogP contribution in [0.3, 0.4) is 0 Å². The standard InChI is InChI=1S/C24H24ClNO4/c1-4-24(3)13-17(27)21-19(30-24)10-9-18-20(21)14(2)22(29-18)23(28)26-12-11-15-5-7-16(25)8-6-15/h5-10H,4,11-13H2,1-3H3,(H,26,28). The maximum Gasteiger partial charge on any atom is 0.287 e. The maximum absolute atomic E-state index is 12.9. The van der Waals surface area contributed by atoms with Crippen LogP contribution < -0.4 is 10.1 Å². The number of hydrogen-bond acceptors (Lipinski definition) is 4. The second kappa shape index (κ2) is 7.80. The third-order valence-electron chi connectivity index (χ3n) is 5.79. The van der Waals surface area contributed by atoms with Crippen molar-refractivity contribution in [3.8, 4) is 5.75 Å². The Bertz CT molecular complexity index is 1130. The number of amides is 1. The van der Waals surface area contributed by atoms with Gasteiger partial charge in [-0.25, -0.2) is 0 Å². The lowest BCUT2D eigenvalue weighted by atomic mass is 9.87. The first kappa shape index (κ1) is 20.5. The van der Waals surface area contributed by atoms with Crippen molar-refractivity contribution in [1.29, 1.82) is 0 Å². The fourth-order valence-corrected chi connectivity index (χ4v) is 4.00. The van der Waals surface area contributed by atoms with Crippen LogP contribution >= 0.6 is 11.6 Å². The van der Waals surface area contributed by atoms with Crippen molar-refractivity contribution in [2.45, 2.75) is 45.6 Å². The summed E-state index contributed by atoms with van der Waals surface area (Å²) < 4.78 is 12.0. The molecular weight excluding hydrogens is 402 g/mol. The van der Waals surface area contributed by atoms with Crippen LogP contribution in [0.2, 0.25) is 5.02 Å². The highest BCUT2D eigenvalue weighted by Crippen LogP contribution is 2.41. The Morgan fingerprint density at radius 2 is 1.93 bits per heavy atom. The summed E-state index contributed by atoms with van der Waals surface area (Å²) in [5.74, 6) is 0.506. The van der Waals surface area contributed by atoms with Gasteiger partial charge in [0.1, 0.15) is 16.9 Å². The van der Waals surface area contributed by atoms with Crippen LogP contribution in [0.15, 0.2) is 40.8 Å². The van der Waals surface area contributed by atoms with E-state index in [0.29, 0.717) is 52.3 Å². The minimum absolute atomic E-state index is 0.0183. The molecule has 5 nitrogen and oxygen atoms in total. The van der Waals surface area contributed by atoms with Gasteiger partial charge in [-0.1, -0.05) is 30.7 Å². The molecule has 1 atom stereocenters. The zero-order valence-electron chi connectivity index (χ0n) is 17.3. The van der Waals surface area contributed by atoms with E-state index < -0.39 is 5.60 Å². The number of fused-ring (bicyclic) bond motifs is 3. The van der Waals surface area contributed by atoms with E-state index in [1.165, 1.54) is 0 Å². The zero-order chi connectivity index (χ0) is 21.5. The van der Waals surface area contributed by atoms with Crippen LogP contribution in [0.25, 0.3) is 11.0 Å². The number of aryl methyl sites for hydroxylation is 1. The summed E-state index contributed by atoms with van der Waals surface area (Å²) in [6.45, 7) is 6.22. The maximum atomic E-state index is 12.9. The summed E-state index contributed by atoms with van der Waals surface area (Å²) in [6, 6.07) is 11.0. The highest BCUT2D eigenvalue weighted by atomic mass is 35.5. The van der Waals surface area contributed by atoms with Gasteiger partial charge in [0.25, 0.3) is 5.91 Å².